The number of fused-ring (bicyclic) bond motifs is 1. The Morgan fingerprint density at radius 3 is 2.77 bits per heavy atom. The maximum Gasteiger partial charge on any atom is 0.226 e. The minimum absolute atomic E-state index is 0.0105. The third kappa shape index (κ3) is 2.43. The molecule has 0 radical (unpaired) electrons. The van der Waals surface area contributed by atoms with Crippen molar-refractivity contribution in [1.82, 2.24) is 24.4 Å². The van der Waals surface area contributed by atoms with Crippen molar-refractivity contribution in [3.63, 3.8) is 0 Å². The Labute approximate surface area is 133 Å². The molecule has 22 heavy (non-hydrogen) atoms. The van der Waals surface area contributed by atoms with Gasteiger partial charge >= 0.3 is 0 Å². The van der Waals surface area contributed by atoms with Gasteiger partial charge in [-0.25, -0.2) is 4.98 Å². The minimum Gasteiger partial charge on any atom is -0.358 e. The second kappa shape index (κ2) is 5.64. The van der Waals surface area contributed by atoms with Crippen molar-refractivity contribution in [3.05, 3.63) is 11.6 Å². The van der Waals surface area contributed by atoms with Crippen LogP contribution in [-0.4, -0.2) is 64.3 Å². The first-order valence-corrected chi connectivity index (χ1v) is 8.05. The highest BCUT2D eigenvalue weighted by Gasteiger charge is 2.25. The molecule has 2 aromatic heterocycles. The molecule has 2 aromatic rings. The number of imidazole rings is 1. The first kappa shape index (κ1) is 14.2. The largest absolute Gasteiger partial charge is 0.358 e. The maximum absolute atomic E-state index is 6.17. The number of nitrogens with zero attached hydrogens (tertiary/aromatic N) is 6. The van der Waals surface area contributed by atoms with Gasteiger partial charge in [0.1, 0.15) is 6.23 Å². The standard InChI is InChI=1S/C14H19ClN6O/c1-19-4-6-20(7-5-19)12-11-13(18-14(15)17-12)21(9-16-11)10-3-2-8-22-10/h9-10H,2-8H2,1H3/t10-/m0/s1. The Hall–Kier alpha value is -1.44. The van der Waals surface area contributed by atoms with Crippen LogP contribution in [0.1, 0.15) is 19.1 Å². The summed E-state index contributed by atoms with van der Waals surface area (Å²) in [5.41, 5.74) is 1.57. The van der Waals surface area contributed by atoms with E-state index in [0.717, 1.165) is 62.6 Å². The molecule has 2 saturated heterocycles. The quantitative estimate of drug-likeness (QED) is 0.782. The van der Waals surface area contributed by atoms with Crippen molar-refractivity contribution in [2.75, 3.05) is 44.7 Å². The summed E-state index contributed by atoms with van der Waals surface area (Å²) in [6.07, 6.45) is 3.85. The molecular weight excluding hydrogens is 304 g/mol. The summed E-state index contributed by atoms with van der Waals surface area (Å²) >= 11 is 6.17. The molecule has 0 saturated carbocycles. The topological polar surface area (TPSA) is 59.3 Å². The van der Waals surface area contributed by atoms with E-state index in [0.29, 0.717) is 0 Å². The van der Waals surface area contributed by atoms with E-state index in [-0.39, 0.29) is 11.5 Å². The van der Waals surface area contributed by atoms with Gasteiger partial charge in [-0.3, -0.25) is 4.57 Å². The Bertz CT molecular complexity index is 675. The molecule has 2 aliphatic rings. The van der Waals surface area contributed by atoms with Crippen LogP contribution in [-0.2, 0) is 4.74 Å². The first-order chi connectivity index (χ1) is 10.7. The van der Waals surface area contributed by atoms with Gasteiger partial charge in [-0.1, -0.05) is 0 Å². The van der Waals surface area contributed by atoms with Gasteiger partial charge in [-0.15, -0.1) is 0 Å². The summed E-state index contributed by atoms with van der Waals surface area (Å²) in [7, 11) is 2.13. The Morgan fingerprint density at radius 1 is 1.23 bits per heavy atom. The molecule has 0 N–H and O–H groups in total. The molecule has 1 atom stereocenters. The highest BCUT2D eigenvalue weighted by atomic mass is 35.5. The van der Waals surface area contributed by atoms with Crippen LogP contribution in [0.3, 0.4) is 0 Å². The number of hydrogen-bond acceptors (Lipinski definition) is 6. The molecule has 0 unspecified atom stereocenters. The van der Waals surface area contributed by atoms with Crippen LogP contribution in [0, 0.1) is 0 Å². The molecule has 0 spiro atoms. The lowest BCUT2D eigenvalue weighted by molar-refractivity contribution is 0.0593. The monoisotopic (exact) mass is 322 g/mol. The van der Waals surface area contributed by atoms with Crippen molar-refractivity contribution in [1.29, 1.82) is 0 Å². The zero-order chi connectivity index (χ0) is 15.1. The van der Waals surface area contributed by atoms with Crippen LogP contribution < -0.4 is 4.90 Å². The van der Waals surface area contributed by atoms with Gasteiger partial charge in [0.25, 0.3) is 0 Å². The van der Waals surface area contributed by atoms with Crippen LogP contribution in [0.15, 0.2) is 6.33 Å². The lowest BCUT2D eigenvalue weighted by Crippen LogP contribution is -2.45. The Balaban J connectivity index is 1.75. The van der Waals surface area contributed by atoms with Gasteiger partial charge in [0.05, 0.1) is 6.33 Å². The van der Waals surface area contributed by atoms with Crippen LogP contribution in [0.5, 0.6) is 0 Å². The second-order valence-electron chi connectivity index (χ2n) is 5.90. The molecule has 4 rings (SSSR count). The molecule has 4 heterocycles. The number of piperazine rings is 1. The summed E-state index contributed by atoms with van der Waals surface area (Å²) < 4.78 is 7.73. The van der Waals surface area contributed by atoms with E-state index in [4.69, 9.17) is 16.3 Å². The summed E-state index contributed by atoms with van der Waals surface area (Å²) in [5.74, 6) is 0.833. The number of likely N-dealkylation sites (N-methyl/N-ethyl adjacent to an activating group) is 1. The van der Waals surface area contributed by atoms with Crippen LogP contribution in [0.2, 0.25) is 5.28 Å². The van der Waals surface area contributed by atoms with E-state index < -0.39 is 0 Å². The molecule has 0 aliphatic carbocycles. The van der Waals surface area contributed by atoms with E-state index >= 15 is 0 Å². The van der Waals surface area contributed by atoms with Gasteiger partial charge in [-0.05, 0) is 31.5 Å². The highest BCUT2D eigenvalue weighted by Crippen LogP contribution is 2.30. The first-order valence-electron chi connectivity index (χ1n) is 7.67. The van der Waals surface area contributed by atoms with Crippen molar-refractivity contribution in [2.24, 2.45) is 0 Å². The Kier molecular flexibility index (Phi) is 3.63. The predicted octanol–water partition coefficient (Wildman–Crippen LogP) is 1.54. The van der Waals surface area contributed by atoms with Crippen molar-refractivity contribution in [3.8, 4) is 0 Å². The summed E-state index contributed by atoms with van der Waals surface area (Å²) in [5, 5.41) is 0.265. The average Bonchev–Trinajstić information content (AvgIpc) is 3.15. The Morgan fingerprint density at radius 2 is 2.05 bits per heavy atom. The third-order valence-electron chi connectivity index (χ3n) is 4.39. The molecule has 2 fully saturated rings. The number of ether oxygens (including phenoxy) is 1. The zero-order valence-corrected chi connectivity index (χ0v) is 13.3. The molecule has 0 aromatic carbocycles. The van der Waals surface area contributed by atoms with Crippen molar-refractivity contribution < 1.29 is 4.74 Å². The molecule has 0 amide bonds. The van der Waals surface area contributed by atoms with Gasteiger partial charge in [0.2, 0.25) is 5.28 Å². The van der Waals surface area contributed by atoms with Crippen molar-refractivity contribution >= 4 is 28.6 Å². The minimum atomic E-state index is 0.0105. The van der Waals surface area contributed by atoms with E-state index in [2.05, 4.69) is 31.8 Å². The van der Waals surface area contributed by atoms with Crippen LogP contribution in [0.25, 0.3) is 11.2 Å². The molecule has 118 valence electrons. The van der Waals surface area contributed by atoms with Gasteiger partial charge in [0, 0.05) is 32.8 Å². The van der Waals surface area contributed by atoms with E-state index in [1.807, 2.05) is 4.57 Å². The van der Waals surface area contributed by atoms with Crippen LogP contribution in [0.4, 0.5) is 5.82 Å². The number of aromatic nitrogens is 4. The fraction of sp³-hybridized carbons (Fsp3) is 0.643. The van der Waals surface area contributed by atoms with Crippen molar-refractivity contribution in [2.45, 2.75) is 19.1 Å². The SMILES string of the molecule is CN1CCN(c2nc(Cl)nc3c2ncn3[C@@H]2CCCO2)CC1. The lowest BCUT2D eigenvalue weighted by atomic mass is 10.3. The molecular formula is C14H19ClN6O. The van der Waals surface area contributed by atoms with Gasteiger partial charge in [-0.2, -0.15) is 9.97 Å². The third-order valence-corrected chi connectivity index (χ3v) is 4.56. The number of halogens is 1. The normalized spacial score (nSPS) is 23.5. The van der Waals surface area contributed by atoms with Gasteiger partial charge in [0.15, 0.2) is 17.0 Å². The van der Waals surface area contributed by atoms with Crippen LogP contribution >= 0.6 is 11.6 Å². The molecule has 7 nitrogen and oxygen atoms in total. The highest BCUT2D eigenvalue weighted by molar-refractivity contribution is 6.28. The van der Waals surface area contributed by atoms with E-state index in [9.17, 15) is 0 Å². The maximum atomic E-state index is 6.17. The molecule has 0 bridgehead atoms. The summed E-state index contributed by atoms with van der Waals surface area (Å²) in [6.45, 7) is 4.65. The number of anilines is 1. The lowest BCUT2D eigenvalue weighted by Gasteiger charge is -2.33. The van der Waals surface area contributed by atoms with E-state index in [1.54, 1.807) is 6.33 Å². The summed E-state index contributed by atoms with van der Waals surface area (Å²) in [6, 6.07) is 0. The molecule has 2 aliphatic heterocycles. The number of hydrogen-bond donors (Lipinski definition) is 0. The van der Waals surface area contributed by atoms with Gasteiger partial charge < -0.3 is 14.5 Å². The number of rotatable bonds is 2. The van der Waals surface area contributed by atoms with E-state index in [1.165, 1.54) is 0 Å². The summed E-state index contributed by atoms with van der Waals surface area (Å²) in [4.78, 5) is 17.9. The fourth-order valence-electron chi connectivity index (χ4n) is 3.11. The zero-order valence-electron chi connectivity index (χ0n) is 12.6. The second-order valence-corrected chi connectivity index (χ2v) is 6.24. The predicted molar refractivity (Wildman–Crippen MR) is 84.3 cm³/mol. The average molecular weight is 323 g/mol. The fourth-order valence-corrected chi connectivity index (χ4v) is 3.27. The smallest absolute Gasteiger partial charge is 0.226 e. The molecule has 8 heteroatoms.